The molecule has 35 heavy (non-hydrogen) atoms. The zero-order valence-corrected chi connectivity index (χ0v) is 20.5. The zero-order valence-electron chi connectivity index (χ0n) is 20.5. The van der Waals surface area contributed by atoms with Gasteiger partial charge >= 0.3 is 0 Å². The number of hydrogen-bond donors (Lipinski definition) is 0. The minimum atomic E-state index is 0.496. The molecule has 172 valence electrons. The average molecular weight is 453 g/mol. The van der Waals surface area contributed by atoms with Crippen molar-refractivity contribution in [1.29, 1.82) is 0 Å². The second kappa shape index (κ2) is 8.38. The van der Waals surface area contributed by atoms with Crippen LogP contribution >= 0.6 is 0 Å². The molecule has 0 spiro atoms. The van der Waals surface area contributed by atoms with Crippen LogP contribution in [0.1, 0.15) is 77.3 Å². The molecule has 0 nitrogen and oxygen atoms in total. The summed E-state index contributed by atoms with van der Waals surface area (Å²) in [6.07, 6.45) is 5.86. The second-order valence-corrected chi connectivity index (χ2v) is 10.8. The smallest absolute Gasteiger partial charge is 0.00983 e. The Kier molecular flexibility index (Phi) is 5.02. The fourth-order valence-electron chi connectivity index (χ4n) is 7.25. The molecule has 0 saturated carbocycles. The van der Waals surface area contributed by atoms with Crippen molar-refractivity contribution >= 4 is 21.5 Å². The van der Waals surface area contributed by atoms with Gasteiger partial charge < -0.3 is 0 Å². The van der Waals surface area contributed by atoms with Crippen molar-refractivity contribution in [2.75, 3.05) is 0 Å². The predicted molar refractivity (Wildman–Crippen MR) is 149 cm³/mol. The molecule has 0 aliphatic heterocycles. The van der Waals surface area contributed by atoms with Gasteiger partial charge in [0.2, 0.25) is 0 Å². The molecule has 0 fully saturated rings. The van der Waals surface area contributed by atoms with Crippen molar-refractivity contribution in [3.05, 3.63) is 130 Å². The van der Waals surface area contributed by atoms with Gasteiger partial charge in [-0.25, -0.2) is 0 Å². The first kappa shape index (κ1) is 20.9. The Balaban J connectivity index is 1.45. The lowest BCUT2D eigenvalue weighted by Gasteiger charge is -2.23. The molecule has 0 heteroatoms. The number of hydrogen-bond acceptors (Lipinski definition) is 0. The van der Waals surface area contributed by atoms with Gasteiger partial charge in [-0.15, -0.1) is 0 Å². The summed E-state index contributed by atoms with van der Waals surface area (Å²) in [5.41, 5.74) is 9.26. The first-order valence-electron chi connectivity index (χ1n) is 13.4. The molecule has 0 N–H and O–H groups in total. The van der Waals surface area contributed by atoms with Crippen LogP contribution in [0.15, 0.2) is 97.1 Å². The molecule has 3 aliphatic carbocycles. The highest BCUT2D eigenvalue weighted by atomic mass is 14.4. The van der Waals surface area contributed by atoms with E-state index in [0.29, 0.717) is 17.8 Å². The molecular weight excluding hydrogens is 420 g/mol. The van der Waals surface area contributed by atoms with Gasteiger partial charge in [0, 0.05) is 5.92 Å². The van der Waals surface area contributed by atoms with Gasteiger partial charge in [-0.1, -0.05) is 104 Å². The van der Waals surface area contributed by atoms with Crippen LogP contribution in [0.5, 0.6) is 0 Å². The van der Waals surface area contributed by atoms with Crippen molar-refractivity contribution in [3.63, 3.8) is 0 Å². The van der Waals surface area contributed by atoms with Gasteiger partial charge in [-0.3, -0.25) is 0 Å². The molecule has 6 bridgehead atoms. The van der Waals surface area contributed by atoms with E-state index < -0.39 is 0 Å². The maximum absolute atomic E-state index is 2.60. The maximum atomic E-state index is 2.60. The fraction of sp³-hybridized carbons (Fsp3) is 0.257. The fourth-order valence-corrected chi connectivity index (χ4v) is 7.25. The van der Waals surface area contributed by atoms with Crippen molar-refractivity contribution in [3.8, 4) is 0 Å². The van der Waals surface area contributed by atoms with E-state index in [1.807, 2.05) is 0 Å². The third-order valence-electron chi connectivity index (χ3n) is 8.82. The van der Waals surface area contributed by atoms with Gasteiger partial charge in [-0.05, 0) is 98.9 Å². The molecule has 0 aromatic heterocycles. The lowest BCUT2D eigenvalue weighted by atomic mass is 9.81. The van der Waals surface area contributed by atoms with Crippen LogP contribution in [0.2, 0.25) is 0 Å². The van der Waals surface area contributed by atoms with Crippen molar-refractivity contribution in [2.24, 2.45) is 0 Å². The van der Waals surface area contributed by atoms with E-state index in [9.17, 15) is 0 Å². The zero-order chi connectivity index (χ0) is 23.4. The van der Waals surface area contributed by atoms with Gasteiger partial charge in [-0.2, -0.15) is 0 Å². The third kappa shape index (κ3) is 3.42. The van der Waals surface area contributed by atoms with Crippen molar-refractivity contribution in [2.45, 2.75) is 56.8 Å². The standard InChI is InChI=1S/C35H32/c1-23-20-27-22-33(24-10-3-2-4-11-24)34-21-26(30-15-6-8-17-32(30)35(27)34)13-9-12-25-18-19-28(23)31-16-7-5-14-29(25)31/h2-8,10-11,14-19,21,23,27,33H,9,12-13,20,22H2,1H3/t23-,27-,33+/m1/s1. The number of benzene rings is 5. The van der Waals surface area contributed by atoms with E-state index in [1.54, 1.807) is 11.1 Å². The first-order valence-corrected chi connectivity index (χ1v) is 13.4. The highest BCUT2D eigenvalue weighted by Crippen LogP contribution is 2.52. The van der Waals surface area contributed by atoms with Crippen LogP contribution in [-0.2, 0) is 12.8 Å². The van der Waals surface area contributed by atoms with Crippen LogP contribution in [0.25, 0.3) is 21.5 Å². The number of rotatable bonds is 1. The van der Waals surface area contributed by atoms with Gasteiger partial charge in [0.25, 0.3) is 0 Å². The summed E-state index contributed by atoms with van der Waals surface area (Å²) in [6.45, 7) is 2.46. The molecule has 5 aromatic rings. The van der Waals surface area contributed by atoms with E-state index in [-0.39, 0.29) is 0 Å². The minimum absolute atomic E-state index is 0.496. The minimum Gasteiger partial charge on any atom is -0.0622 e. The molecule has 3 aliphatic rings. The van der Waals surface area contributed by atoms with E-state index >= 15 is 0 Å². The van der Waals surface area contributed by atoms with E-state index in [4.69, 9.17) is 0 Å². The van der Waals surface area contributed by atoms with Crippen molar-refractivity contribution < 1.29 is 0 Å². The van der Waals surface area contributed by atoms with Gasteiger partial charge in [0.1, 0.15) is 0 Å². The quantitative estimate of drug-likeness (QED) is 0.238. The molecule has 0 heterocycles. The molecule has 0 amide bonds. The second-order valence-electron chi connectivity index (χ2n) is 10.8. The Labute approximate surface area is 208 Å². The predicted octanol–water partition coefficient (Wildman–Crippen LogP) is 9.29. The van der Waals surface area contributed by atoms with Crippen LogP contribution in [0, 0.1) is 0 Å². The molecule has 0 radical (unpaired) electrons. The maximum Gasteiger partial charge on any atom is 0.00983 e. The van der Waals surface area contributed by atoms with Gasteiger partial charge in [0.05, 0.1) is 0 Å². The lowest BCUT2D eigenvalue weighted by molar-refractivity contribution is 0.541. The summed E-state index contributed by atoms with van der Waals surface area (Å²) in [6, 6.07) is 37.1. The number of fused-ring (bicyclic) bond motifs is 4. The summed E-state index contributed by atoms with van der Waals surface area (Å²) >= 11 is 0. The first-order chi connectivity index (χ1) is 17.3. The van der Waals surface area contributed by atoms with E-state index in [2.05, 4.69) is 104 Å². The Hall–Kier alpha value is -3.38. The molecule has 0 saturated heterocycles. The largest absolute Gasteiger partial charge is 0.0622 e. The van der Waals surface area contributed by atoms with Crippen LogP contribution in [0.4, 0.5) is 0 Å². The van der Waals surface area contributed by atoms with E-state index in [1.165, 1.54) is 63.1 Å². The summed E-state index contributed by atoms with van der Waals surface area (Å²) in [5, 5.41) is 5.91. The Morgan fingerprint density at radius 2 is 1.23 bits per heavy atom. The molecular formula is C35H32. The summed E-state index contributed by atoms with van der Waals surface area (Å²) in [4.78, 5) is 0. The van der Waals surface area contributed by atoms with Crippen molar-refractivity contribution in [1.82, 2.24) is 0 Å². The highest BCUT2D eigenvalue weighted by molar-refractivity contribution is 5.92. The van der Waals surface area contributed by atoms with Crippen LogP contribution < -0.4 is 0 Å². The molecule has 8 rings (SSSR count). The normalized spacial score (nSPS) is 21.6. The monoisotopic (exact) mass is 452 g/mol. The average Bonchev–Trinajstić information content (AvgIpc) is 3.26. The molecule has 0 unspecified atom stereocenters. The summed E-state index contributed by atoms with van der Waals surface area (Å²) in [5.74, 6) is 1.59. The third-order valence-corrected chi connectivity index (χ3v) is 8.82. The summed E-state index contributed by atoms with van der Waals surface area (Å²) in [7, 11) is 0. The SMILES string of the molecule is C[C@@H]1C[C@@H]2C[C@@H](c3ccccc3)c3cc(c4ccccc4c32)CCCc2ccc1c1ccccc21. The lowest BCUT2D eigenvalue weighted by Crippen LogP contribution is -2.05. The van der Waals surface area contributed by atoms with E-state index in [0.717, 1.165) is 12.8 Å². The van der Waals surface area contributed by atoms with Gasteiger partial charge in [0.15, 0.2) is 0 Å². The van der Waals surface area contributed by atoms with Crippen LogP contribution in [0.3, 0.4) is 0 Å². The number of aryl methyl sites for hydroxylation is 2. The Morgan fingerprint density at radius 1 is 0.571 bits per heavy atom. The molecule has 5 aromatic carbocycles. The molecule has 3 atom stereocenters. The highest BCUT2D eigenvalue weighted by Gasteiger charge is 2.35. The summed E-state index contributed by atoms with van der Waals surface area (Å²) < 4.78 is 0. The Bertz CT molecular complexity index is 1540. The Morgan fingerprint density at radius 3 is 2.03 bits per heavy atom. The topological polar surface area (TPSA) is 0 Å². The van der Waals surface area contributed by atoms with Crippen LogP contribution in [-0.4, -0.2) is 0 Å².